The molecule has 0 bridgehead atoms. The molecule has 0 unspecified atom stereocenters. The van der Waals surface area contributed by atoms with Gasteiger partial charge < -0.3 is 15.4 Å². The second kappa shape index (κ2) is 8.71. The fourth-order valence-electron chi connectivity index (χ4n) is 3.51. The molecule has 1 fully saturated rings. The molecule has 1 aliphatic rings. The molecule has 0 aliphatic carbocycles. The van der Waals surface area contributed by atoms with Gasteiger partial charge in [0.05, 0.1) is 5.69 Å². The number of nitrogens with one attached hydrogen (secondary N) is 2. The van der Waals surface area contributed by atoms with E-state index in [4.69, 9.17) is 0 Å². The van der Waals surface area contributed by atoms with Gasteiger partial charge in [-0.05, 0) is 44.1 Å². The van der Waals surface area contributed by atoms with Gasteiger partial charge in [-0.15, -0.1) is 13.2 Å². The van der Waals surface area contributed by atoms with Gasteiger partial charge in [0, 0.05) is 28.9 Å². The number of nitrogens with zero attached hydrogens (tertiary/aromatic N) is 2. The van der Waals surface area contributed by atoms with E-state index in [1.165, 1.54) is 18.2 Å². The average Bonchev–Trinajstić information content (AvgIpc) is 2.74. The number of halogens is 3. The number of benzene rings is 2. The molecule has 1 saturated heterocycles. The van der Waals surface area contributed by atoms with E-state index in [1.807, 2.05) is 36.4 Å². The summed E-state index contributed by atoms with van der Waals surface area (Å²) in [6.07, 6.45) is -2.80. The van der Waals surface area contributed by atoms with Gasteiger partial charge in [-0.1, -0.05) is 36.4 Å². The van der Waals surface area contributed by atoms with Crippen molar-refractivity contribution in [1.82, 2.24) is 15.3 Å². The first-order chi connectivity index (χ1) is 14.5. The van der Waals surface area contributed by atoms with Gasteiger partial charge >= 0.3 is 6.36 Å². The molecule has 30 heavy (non-hydrogen) atoms. The molecule has 0 spiro atoms. The zero-order chi connectivity index (χ0) is 21.0. The fourth-order valence-corrected chi connectivity index (χ4v) is 3.51. The maximum Gasteiger partial charge on any atom is 0.573 e. The highest BCUT2D eigenvalue weighted by atomic mass is 19.4. The van der Waals surface area contributed by atoms with E-state index in [0.717, 1.165) is 42.9 Å². The van der Waals surface area contributed by atoms with Gasteiger partial charge in [-0.2, -0.15) is 0 Å². The minimum Gasteiger partial charge on any atom is -0.406 e. The summed E-state index contributed by atoms with van der Waals surface area (Å²) in [5.74, 6) is 0.344. The lowest BCUT2D eigenvalue weighted by Crippen LogP contribution is -2.27. The highest BCUT2D eigenvalue weighted by Gasteiger charge is 2.31. The number of alkyl halides is 3. The third-order valence-electron chi connectivity index (χ3n) is 4.90. The smallest absolute Gasteiger partial charge is 0.406 e. The zero-order valence-electron chi connectivity index (χ0n) is 16.1. The van der Waals surface area contributed by atoms with Crippen LogP contribution in [-0.2, 0) is 0 Å². The molecule has 0 radical (unpaired) electrons. The second-order valence-corrected chi connectivity index (χ2v) is 7.09. The molecular formula is C22H21F3N4O. The predicted molar refractivity (Wildman–Crippen MR) is 109 cm³/mol. The van der Waals surface area contributed by atoms with Gasteiger partial charge in [-0.25, -0.2) is 9.97 Å². The van der Waals surface area contributed by atoms with Gasteiger partial charge in [0.1, 0.15) is 5.75 Å². The normalized spacial score (nSPS) is 15.0. The molecule has 2 aromatic carbocycles. The first kappa shape index (κ1) is 20.2. The third-order valence-corrected chi connectivity index (χ3v) is 4.90. The highest BCUT2D eigenvalue weighted by molar-refractivity contribution is 5.63. The van der Waals surface area contributed by atoms with Crippen molar-refractivity contribution in [3.8, 4) is 17.0 Å². The number of piperidine rings is 1. The molecule has 1 aliphatic heterocycles. The van der Waals surface area contributed by atoms with E-state index in [2.05, 4.69) is 25.3 Å². The highest BCUT2D eigenvalue weighted by Crippen LogP contribution is 2.30. The van der Waals surface area contributed by atoms with E-state index in [9.17, 15) is 13.2 Å². The average molecular weight is 414 g/mol. The zero-order valence-corrected chi connectivity index (χ0v) is 16.1. The Bertz CT molecular complexity index is 989. The van der Waals surface area contributed by atoms with Crippen molar-refractivity contribution in [2.45, 2.75) is 25.1 Å². The summed E-state index contributed by atoms with van der Waals surface area (Å²) in [5.41, 5.74) is 3.06. The summed E-state index contributed by atoms with van der Waals surface area (Å²) in [4.78, 5) is 9.27. The summed E-state index contributed by atoms with van der Waals surface area (Å²) in [7, 11) is 0. The monoisotopic (exact) mass is 414 g/mol. The lowest BCUT2D eigenvalue weighted by Gasteiger charge is -2.23. The minimum atomic E-state index is -4.75. The molecule has 1 aromatic heterocycles. The van der Waals surface area contributed by atoms with Crippen LogP contribution >= 0.6 is 0 Å². The Morgan fingerprint density at radius 3 is 2.43 bits per heavy atom. The first-order valence-electron chi connectivity index (χ1n) is 9.74. The van der Waals surface area contributed by atoms with Crippen molar-refractivity contribution in [1.29, 1.82) is 0 Å². The molecule has 0 amide bonds. The number of rotatable bonds is 5. The molecule has 0 atom stereocenters. The van der Waals surface area contributed by atoms with Crippen LogP contribution in [0.1, 0.15) is 24.5 Å². The standard InChI is InChI=1S/C22H21F3N4O/c23-22(24,25)30-18-8-4-7-17(13-18)27-21-28-19(15-5-2-1-3-6-15)14-20(29-21)16-9-11-26-12-10-16/h1-8,13-14,16,26H,9-12H2,(H,27,28,29). The molecule has 2 heterocycles. The molecular weight excluding hydrogens is 393 g/mol. The van der Waals surface area contributed by atoms with Crippen LogP contribution in [0.25, 0.3) is 11.3 Å². The number of ether oxygens (including phenoxy) is 1. The Labute approximate surface area is 172 Å². The van der Waals surface area contributed by atoms with Gasteiger partial charge in [-0.3, -0.25) is 0 Å². The summed E-state index contributed by atoms with van der Waals surface area (Å²) < 4.78 is 41.6. The van der Waals surface area contributed by atoms with E-state index in [1.54, 1.807) is 6.07 Å². The Hall–Kier alpha value is -3.13. The SMILES string of the molecule is FC(F)(F)Oc1cccc(Nc2nc(-c3ccccc3)cc(C3CCNCC3)n2)c1. The van der Waals surface area contributed by atoms with E-state index in [0.29, 0.717) is 17.6 Å². The summed E-state index contributed by atoms with van der Waals surface area (Å²) in [5, 5.41) is 6.38. The number of hydrogen-bond acceptors (Lipinski definition) is 5. The van der Waals surface area contributed by atoms with Crippen molar-refractivity contribution in [3.63, 3.8) is 0 Å². The molecule has 5 nitrogen and oxygen atoms in total. The Morgan fingerprint density at radius 2 is 1.70 bits per heavy atom. The summed E-state index contributed by atoms with van der Waals surface area (Å²) in [6.45, 7) is 1.85. The quantitative estimate of drug-likeness (QED) is 0.597. The minimum absolute atomic E-state index is 0.301. The van der Waals surface area contributed by atoms with Gasteiger partial charge in [0.2, 0.25) is 5.95 Å². The topological polar surface area (TPSA) is 59.1 Å². The largest absolute Gasteiger partial charge is 0.573 e. The van der Waals surface area contributed by atoms with Crippen molar-refractivity contribution < 1.29 is 17.9 Å². The number of anilines is 2. The van der Waals surface area contributed by atoms with Gasteiger partial charge in [0.15, 0.2) is 0 Å². The van der Waals surface area contributed by atoms with Crippen LogP contribution in [0, 0.1) is 0 Å². The lowest BCUT2D eigenvalue weighted by molar-refractivity contribution is -0.274. The molecule has 8 heteroatoms. The fraction of sp³-hybridized carbons (Fsp3) is 0.273. The Morgan fingerprint density at radius 1 is 0.933 bits per heavy atom. The van der Waals surface area contributed by atoms with Crippen molar-refractivity contribution in [3.05, 3.63) is 66.4 Å². The van der Waals surface area contributed by atoms with Crippen LogP contribution in [0.4, 0.5) is 24.8 Å². The van der Waals surface area contributed by atoms with Crippen LogP contribution in [0.2, 0.25) is 0 Å². The predicted octanol–water partition coefficient (Wildman–Crippen LogP) is 5.25. The van der Waals surface area contributed by atoms with E-state index < -0.39 is 6.36 Å². The van der Waals surface area contributed by atoms with Crippen LogP contribution < -0.4 is 15.4 Å². The van der Waals surface area contributed by atoms with Crippen LogP contribution in [-0.4, -0.2) is 29.4 Å². The summed E-state index contributed by atoms with van der Waals surface area (Å²) in [6, 6.07) is 17.4. The van der Waals surface area contributed by atoms with Crippen LogP contribution in [0.5, 0.6) is 5.75 Å². The third kappa shape index (κ3) is 5.27. The van der Waals surface area contributed by atoms with E-state index >= 15 is 0 Å². The van der Waals surface area contributed by atoms with Crippen molar-refractivity contribution in [2.75, 3.05) is 18.4 Å². The van der Waals surface area contributed by atoms with Crippen molar-refractivity contribution >= 4 is 11.6 Å². The lowest BCUT2D eigenvalue weighted by atomic mass is 9.93. The van der Waals surface area contributed by atoms with Crippen LogP contribution in [0.3, 0.4) is 0 Å². The second-order valence-electron chi connectivity index (χ2n) is 7.09. The molecule has 2 N–H and O–H groups in total. The van der Waals surface area contributed by atoms with Gasteiger partial charge in [0.25, 0.3) is 0 Å². The Balaban J connectivity index is 1.66. The van der Waals surface area contributed by atoms with Crippen LogP contribution in [0.15, 0.2) is 60.7 Å². The number of aromatic nitrogens is 2. The molecule has 3 aromatic rings. The number of hydrogen-bond donors (Lipinski definition) is 2. The maximum absolute atomic E-state index is 12.5. The molecule has 4 rings (SSSR count). The Kier molecular flexibility index (Phi) is 5.85. The molecule has 0 saturated carbocycles. The summed E-state index contributed by atoms with van der Waals surface area (Å²) >= 11 is 0. The molecule has 156 valence electrons. The maximum atomic E-state index is 12.5. The van der Waals surface area contributed by atoms with Crippen molar-refractivity contribution in [2.24, 2.45) is 0 Å². The first-order valence-corrected chi connectivity index (χ1v) is 9.74. The van der Waals surface area contributed by atoms with E-state index in [-0.39, 0.29) is 5.75 Å².